The van der Waals surface area contributed by atoms with Crippen LogP contribution in [0.25, 0.3) is 10.2 Å². The predicted molar refractivity (Wildman–Crippen MR) is 78.5 cm³/mol. The third-order valence-corrected chi connectivity index (χ3v) is 4.24. The van der Waals surface area contributed by atoms with E-state index in [1.54, 1.807) is 25.4 Å². The quantitative estimate of drug-likeness (QED) is 0.729. The van der Waals surface area contributed by atoms with Gasteiger partial charge in [0.15, 0.2) is 4.80 Å². The van der Waals surface area contributed by atoms with Gasteiger partial charge in [-0.05, 0) is 31.2 Å². The van der Waals surface area contributed by atoms with Crippen molar-refractivity contribution in [3.05, 3.63) is 46.8 Å². The summed E-state index contributed by atoms with van der Waals surface area (Å²) in [4.78, 5) is 16.9. The highest BCUT2D eigenvalue weighted by Gasteiger charge is 2.11. The molecule has 2 aromatic heterocycles. The van der Waals surface area contributed by atoms with Crippen molar-refractivity contribution in [3.63, 3.8) is 0 Å². The molecule has 7 heteroatoms. The van der Waals surface area contributed by atoms with Crippen LogP contribution in [-0.2, 0) is 13.6 Å². The molecule has 3 aromatic rings. The Morgan fingerprint density at radius 2 is 2.24 bits per heavy atom. The van der Waals surface area contributed by atoms with Gasteiger partial charge in [0.2, 0.25) is 0 Å². The highest BCUT2D eigenvalue weighted by atomic mass is 32.1. The number of hydrogen-bond acceptors (Lipinski definition) is 3. The molecule has 3 rings (SSSR count). The number of benzene rings is 1. The minimum absolute atomic E-state index is 0.295. The molecule has 0 atom stereocenters. The molecule has 0 saturated carbocycles. The maximum Gasteiger partial charge on any atom is 0.297 e. The Morgan fingerprint density at radius 1 is 1.43 bits per heavy atom. The SMILES string of the molecule is CCn1c(=NC(=O)c2ccnn2C)sc2cc(F)ccc21. The molecule has 1 amide bonds. The number of aryl methyl sites for hydroxylation is 2. The molecule has 0 bridgehead atoms. The van der Waals surface area contributed by atoms with E-state index in [4.69, 9.17) is 0 Å². The zero-order valence-electron chi connectivity index (χ0n) is 11.6. The van der Waals surface area contributed by atoms with Crippen LogP contribution >= 0.6 is 11.3 Å². The first kappa shape index (κ1) is 13.7. The first-order valence-corrected chi connectivity index (χ1v) is 7.27. The van der Waals surface area contributed by atoms with Crippen LogP contribution in [0, 0.1) is 5.82 Å². The molecule has 0 aliphatic rings. The summed E-state index contributed by atoms with van der Waals surface area (Å²) in [6.07, 6.45) is 1.55. The summed E-state index contributed by atoms with van der Waals surface area (Å²) in [5.41, 5.74) is 1.29. The van der Waals surface area contributed by atoms with Gasteiger partial charge in [-0.2, -0.15) is 10.1 Å². The van der Waals surface area contributed by atoms with Crippen LogP contribution in [0.1, 0.15) is 17.4 Å². The van der Waals surface area contributed by atoms with E-state index in [9.17, 15) is 9.18 Å². The van der Waals surface area contributed by atoms with E-state index in [1.165, 1.54) is 28.2 Å². The molecular formula is C14H13FN4OS. The molecule has 1 aromatic carbocycles. The molecule has 0 aliphatic heterocycles. The van der Waals surface area contributed by atoms with Gasteiger partial charge >= 0.3 is 0 Å². The van der Waals surface area contributed by atoms with Crippen LogP contribution in [0.5, 0.6) is 0 Å². The number of rotatable bonds is 2. The van der Waals surface area contributed by atoms with E-state index < -0.39 is 0 Å². The predicted octanol–water partition coefficient (Wildman–Crippen LogP) is 2.34. The second-order valence-electron chi connectivity index (χ2n) is 4.50. The Balaban J connectivity index is 2.18. The smallest absolute Gasteiger partial charge is 0.297 e. The molecule has 108 valence electrons. The maximum atomic E-state index is 13.3. The molecule has 0 aliphatic carbocycles. The lowest BCUT2D eigenvalue weighted by atomic mass is 10.3. The van der Waals surface area contributed by atoms with Crippen LogP contribution < -0.4 is 4.80 Å². The average molecular weight is 304 g/mol. The van der Waals surface area contributed by atoms with E-state index in [0.717, 1.165) is 10.2 Å². The van der Waals surface area contributed by atoms with Crippen molar-refractivity contribution in [3.8, 4) is 0 Å². The van der Waals surface area contributed by atoms with Crippen LogP contribution in [0.15, 0.2) is 35.5 Å². The van der Waals surface area contributed by atoms with Crippen molar-refractivity contribution in [2.45, 2.75) is 13.5 Å². The van der Waals surface area contributed by atoms with Gasteiger partial charge in [0.05, 0.1) is 10.2 Å². The Morgan fingerprint density at radius 3 is 2.90 bits per heavy atom. The van der Waals surface area contributed by atoms with Crippen LogP contribution in [0.3, 0.4) is 0 Å². The average Bonchev–Trinajstić information content (AvgIpc) is 3.01. The van der Waals surface area contributed by atoms with E-state index in [2.05, 4.69) is 10.1 Å². The second kappa shape index (κ2) is 5.25. The number of hydrogen-bond donors (Lipinski definition) is 0. The van der Waals surface area contributed by atoms with Gasteiger partial charge in [0.25, 0.3) is 5.91 Å². The third-order valence-electron chi connectivity index (χ3n) is 3.20. The minimum atomic E-state index is -0.357. The Bertz CT molecular complexity index is 890. The summed E-state index contributed by atoms with van der Waals surface area (Å²) in [6.45, 7) is 2.62. The van der Waals surface area contributed by atoms with Crippen molar-refractivity contribution >= 4 is 27.5 Å². The number of fused-ring (bicyclic) bond motifs is 1. The molecule has 0 unspecified atom stereocenters. The van der Waals surface area contributed by atoms with Crippen LogP contribution in [0.2, 0.25) is 0 Å². The second-order valence-corrected chi connectivity index (χ2v) is 5.51. The summed E-state index contributed by atoms with van der Waals surface area (Å²) < 4.78 is 17.5. The Hall–Kier alpha value is -2.28. The van der Waals surface area contributed by atoms with Crippen molar-refractivity contribution < 1.29 is 9.18 Å². The maximum absolute atomic E-state index is 13.3. The minimum Gasteiger partial charge on any atom is -0.317 e. The number of carbonyl (C=O) groups excluding carboxylic acids is 1. The number of nitrogens with zero attached hydrogens (tertiary/aromatic N) is 4. The summed E-state index contributed by atoms with van der Waals surface area (Å²) in [7, 11) is 1.69. The number of thiazole rings is 1. The standard InChI is InChI=1S/C14H13FN4OS/c1-3-19-10-5-4-9(15)8-12(10)21-14(19)17-13(20)11-6-7-16-18(11)2/h4-8H,3H2,1-2H3. The largest absolute Gasteiger partial charge is 0.317 e. The molecule has 0 radical (unpaired) electrons. The number of halogens is 1. The molecule has 5 nitrogen and oxygen atoms in total. The first-order valence-electron chi connectivity index (χ1n) is 6.46. The summed E-state index contributed by atoms with van der Waals surface area (Å²) >= 11 is 1.30. The number of amides is 1. The van der Waals surface area contributed by atoms with Crippen molar-refractivity contribution in [1.29, 1.82) is 0 Å². The van der Waals surface area contributed by atoms with E-state index in [1.807, 2.05) is 11.5 Å². The zero-order chi connectivity index (χ0) is 15.0. The Labute approximate surface area is 124 Å². The van der Waals surface area contributed by atoms with Gasteiger partial charge in [-0.25, -0.2) is 4.39 Å². The van der Waals surface area contributed by atoms with Gasteiger partial charge in [0, 0.05) is 19.8 Å². The zero-order valence-corrected chi connectivity index (χ0v) is 12.4. The van der Waals surface area contributed by atoms with Gasteiger partial charge < -0.3 is 4.57 Å². The number of carbonyl (C=O) groups is 1. The Kier molecular flexibility index (Phi) is 3.42. The summed E-state index contributed by atoms with van der Waals surface area (Å²) in [5, 5.41) is 3.96. The van der Waals surface area contributed by atoms with Crippen molar-refractivity contribution in [2.24, 2.45) is 12.0 Å². The fourth-order valence-electron chi connectivity index (χ4n) is 2.17. The van der Waals surface area contributed by atoms with E-state index >= 15 is 0 Å². The molecule has 0 saturated heterocycles. The molecule has 2 heterocycles. The lowest BCUT2D eigenvalue weighted by Gasteiger charge is -2.00. The van der Waals surface area contributed by atoms with Gasteiger partial charge in [0.1, 0.15) is 11.5 Å². The van der Waals surface area contributed by atoms with Crippen molar-refractivity contribution in [2.75, 3.05) is 0 Å². The highest BCUT2D eigenvalue weighted by molar-refractivity contribution is 7.16. The third kappa shape index (κ3) is 2.40. The fourth-order valence-corrected chi connectivity index (χ4v) is 3.28. The topological polar surface area (TPSA) is 52.2 Å². The van der Waals surface area contributed by atoms with E-state index in [-0.39, 0.29) is 11.7 Å². The lowest BCUT2D eigenvalue weighted by molar-refractivity contribution is 0.0989. The normalized spacial score (nSPS) is 12.2. The lowest BCUT2D eigenvalue weighted by Crippen LogP contribution is -2.17. The van der Waals surface area contributed by atoms with Gasteiger partial charge in [-0.3, -0.25) is 9.48 Å². The monoisotopic (exact) mass is 304 g/mol. The molecule has 0 spiro atoms. The fraction of sp³-hybridized carbons (Fsp3) is 0.214. The van der Waals surface area contributed by atoms with Gasteiger partial charge in [-0.15, -0.1) is 0 Å². The molecule has 0 N–H and O–H groups in total. The highest BCUT2D eigenvalue weighted by Crippen LogP contribution is 2.18. The molecule has 0 fully saturated rings. The molecule has 21 heavy (non-hydrogen) atoms. The number of aromatic nitrogens is 3. The van der Waals surface area contributed by atoms with E-state index in [0.29, 0.717) is 17.0 Å². The summed E-state index contributed by atoms with van der Waals surface area (Å²) in [6, 6.07) is 6.20. The first-order chi connectivity index (χ1) is 10.1. The van der Waals surface area contributed by atoms with Crippen LogP contribution in [0.4, 0.5) is 4.39 Å². The van der Waals surface area contributed by atoms with Gasteiger partial charge in [-0.1, -0.05) is 11.3 Å². The van der Waals surface area contributed by atoms with Crippen molar-refractivity contribution in [1.82, 2.24) is 14.3 Å². The summed E-state index contributed by atoms with van der Waals surface area (Å²) in [5.74, 6) is -0.652. The molecular weight excluding hydrogens is 291 g/mol. The van der Waals surface area contributed by atoms with Crippen LogP contribution in [-0.4, -0.2) is 20.3 Å².